The minimum absolute atomic E-state index is 0.449. The van der Waals surface area contributed by atoms with Gasteiger partial charge in [-0.2, -0.15) is 0 Å². The summed E-state index contributed by atoms with van der Waals surface area (Å²) >= 11 is 0. The Hall–Kier alpha value is -17.7. The van der Waals surface area contributed by atoms with Crippen LogP contribution in [0.3, 0.4) is 0 Å². The molecule has 0 aliphatic heterocycles. The lowest BCUT2D eigenvalue weighted by atomic mass is 9.67. The lowest BCUT2D eigenvalue weighted by Crippen LogP contribution is -2.28. The predicted octanol–water partition coefficient (Wildman–Crippen LogP) is 32.4. The van der Waals surface area contributed by atoms with Crippen LogP contribution < -0.4 is 0 Å². The molecule has 24 rings (SSSR count). The lowest BCUT2D eigenvalue weighted by Gasteiger charge is -2.34. The van der Waals surface area contributed by atoms with Gasteiger partial charge in [-0.05, 0) is 223 Å². The summed E-state index contributed by atoms with van der Waals surface area (Å²) in [6.45, 7) is 15.8. The summed E-state index contributed by atoms with van der Waals surface area (Å²) in [4.78, 5) is 28.4. The topological polar surface area (TPSA) is 60.3 Å². The maximum Gasteiger partial charge on any atom is 0.187 e. The minimum atomic E-state index is -0.513. The van der Waals surface area contributed by atoms with Gasteiger partial charge in [0.15, 0.2) is 23.0 Å². The second kappa shape index (κ2) is 33.6. The molecule has 1 spiro atoms. The first-order valence-corrected chi connectivity index (χ1v) is 44.7. The Balaban J connectivity index is 0.000000150. The molecule has 0 radical (unpaired) electrons. The van der Waals surface area contributed by atoms with Gasteiger partial charge in [-0.1, -0.05) is 419 Å². The molecule has 0 bridgehead atoms. The van der Waals surface area contributed by atoms with Crippen molar-refractivity contribution in [2.45, 2.75) is 10.8 Å². The highest BCUT2D eigenvalue weighted by molar-refractivity contribution is 5.98. The summed E-state index contributed by atoms with van der Waals surface area (Å²) in [5.74, 6) is 1.37. The number of aromatic nitrogens is 4. The van der Waals surface area contributed by atoms with Gasteiger partial charge in [0.25, 0.3) is 0 Å². The van der Waals surface area contributed by atoms with Crippen LogP contribution in [0, 0.1) is 13.1 Å². The summed E-state index contributed by atoms with van der Waals surface area (Å²) in [5.41, 5.74) is 42.8. The van der Waals surface area contributed by atoms with Crippen LogP contribution in [0.2, 0.25) is 0 Å². The van der Waals surface area contributed by atoms with Crippen LogP contribution in [-0.4, -0.2) is 19.9 Å². The van der Waals surface area contributed by atoms with E-state index >= 15 is 0 Å². The first-order chi connectivity index (χ1) is 65.3. The second-order valence-electron chi connectivity index (χ2n) is 34.0. The Labute approximate surface area is 768 Å². The van der Waals surface area contributed by atoms with Crippen molar-refractivity contribution in [2.24, 2.45) is 0 Å². The highest BCUT2D eigenvalue weighted by atomic mass is 14.9. The highest BCUT2D eigenvalue weighted by Gasteiger charge is 2.52. The van der Waals surface area contributed by atoms with Gasteiger partial charge in [0.1, 0.15) is 0 Å². The van der Waals surface area contributed by atoms with Crippen molar-refractivity contribution in [1.29, 1.82) is 0 Å². The third-order valence-electron chi connectivity index (χ3n) is 26.5. The van der Waals surface area contributed by atoms with Crippen molar-refractivity contribution in [3.05, 3.63) is 553 Å². The van der Waals surface area contributed by atoms with Crippen LogP contribution in [0.5, 0.6) is 0 Å². The summed E-state index contributed by atoms with van der Waals surface area (Å²) < 4.78 is 0. The molecule has 614 valence electrons. The molecule has 21 aromatic rings. The Bertz CT molecular complexity index is 7950. The van der Waals surface area contributed by atoms with Crippen molar-refractivity contribution >= 4 is 11.4 Å². The summed E-state index contributed by atoms with van der Waals surface area (Å²) in [5, 5.41) is 0. The summed E-state index contributed by atoms with van der Waals surface area (Å²) in [6.07, 6.45) is 0. The van der Waals surface area contributed by atoms with E-state index in [9.17, 15) is 0 Å². The summed E-state index contributed by atoms with van der Waals surface area (Å²) in [6, 6.07) is 172. The van der Waals surface area contributed by atoms with Crippen LogP contribution in [-0.2, 0) is 10.8 Å². The molecule has 3 aliphatic rings. The molecule has 0 N–H and O–H groups in total. The van der Waals surface area contributed by atoms with Gasteiger partial charge in [-0.25, -0.2) is 29.6 Å². The largest absolute Gasteiger partial charge is 0.238 e. The van der Waals surface area contributed by atoms with Gasteiger partial charge in [0, 0.05) is 33.4 Å². The van der Waals surface area contributed by atoms with Gasteiger partial charge in [-0.3, -0.25) is 0 Å². The van der Waals surface area contributed by atoms with E-state index in [0.29, 0.717) is 23.0 Å². The van der Waals surface area contributed by atoms with E-state index in [0.717, 1.165) is 140 Å². The fourth-order valence-electron chi connectivity index (χ4n) is 20.3. The van der Waals surface area contributed by atoms with E-state index in [-0.39, 0.29) is 0 Å². The average molecular weight is 1680 g/mol. The average Bonchev–Trinajstić information content (AvgIpc) is 1.51. The standard InChI is InChI=1S/C66H41N3.C60H39N3/c1-67-54-33-35-62-58(41-54)57-40-49(32-34-61(57)66(62)59-26-13-11-24-55(59)56-25-12-14-27-60(56)66)46-30-28-45(29-31-46)48-22-15-23-50(36-48)63-42-64(69-65(68-63)47-20-9-4-10-21-47)53-38-51(43-16-5-2-6-17-43)37-52(39-53)44-18-7-3-8-19-44;1-61-52-34-36-56-54(39-52)53-38-48(33-35-55(53)60(56,50-21-10-4-11-22-50)51-23-12-5-13-24-51)44-27-25-43(26-28-44)47-19-14-20-49(37-47)58-40-57(62-59(63-58)46-17-8-3-9-18-46)45-31-29-42(30-32-45)41-15-6-2-7-16-41/h2-42H;2-40H. The van der Waals surface area contributed by atoms with Gasteiger partial charge in [0.05, 0.1) is 46.7 Å². The molecule has 132 heavy (non-hydrogen) atoms. The Kier molecular flexibility index (Phi) is 20.1. The fraction of sp³-hybridized carbons (Fsp3) is 0.0159. The number of hydrogen-bond donors (Lipinski definition) is 0. The molecular weight excluding hydrogens is 1600 g/mol. The molecule has 2 heterocycles. The van der Waals surface area contributed by atoms with Crippen LogP contribution in [0.4, 0.5) is 11.4 Å². The van der Waals surface area contributed by atoms with E-state index in [1.165, 1.54) is 72.3 Å². The Morgan fingerprint density at radius 1 is 0.152 bits per heavy atom. The molecule has 0 saturated carbocycles. The third-order valence-corrected chi connectivity index (χ3v) is 26.5. The monoisotopic (exact) mass is 1680 g/mol. The number of fused-ring (bicyclic) bond motifs is 13. The van der Waals surface area contributed by atoms with Crippen molar-refractivity contribution in [3.63, 3.8) is 0 Å². The maximum absolute atomic E-state index is 7.93. The van der Waals surface area contributed by atoms with Crippen molar-refractivity contribution < 1.29 is 0 Å². The Morgan fingerprint density at radius 3 is 0.780 bits per heavy atom. The van der Waals surface area contributed by atoms with Gasteiger partial charge in [0.2, 0.25) is 0 Å². The number of rotatable bonds is 15. The molecule has 19 aromatic carbocycles. The van der Waals surface area contributed by atoms with Crippen LogP contribution in [0.15, 0.2) is 485 Å². The number of benzene rings is 19. The molecule has 0 unspecified atom stereocenters. The minimum Gasteiger partial charge on any atom is -0.238 e. The zero-order chi connectivity index (χ0) is 88.1. The SMILES string of the molecule is [C-]#[N+]c1ccc2c(c1)-c1cc(-c3ccc(-c4cccc(-c5cc(-c6cc(-c7ccccc7)cc(-c7ccccc7)c6)nc(-c6ccccc6)n5)c4)cc3)ccc1C21c2ccccc2-c2ccccc21.[C-]#[N+]c1ccc2c(c1)-c1cc(-c3ccc(-c4cccc(-c5cc(-c6ccc(-c7ccccc7)cc6)nc(-c6ccccc6)n5)c4)cc3)ccc1C2(c1ccccc1)c1ccccc1. The fourth-order valence-corrected chi connectivity index (χ4v) is 20.3. The van der Waals surface area contributed by atoms with Crippen LogP contribution in [0.25, 0.3) is 189 Å². The first-order valence-electron chi connectivity index (χ1n) is 44.7. The molecule has 0 saturated heterocycles. The summed E-state index contributed by atoms with van der Waals surface area (Å²) in [7, 11) is 0. The van der Waals surface area contributed by atoms with Crippen molar-refractivity contribution in [3.8, 4) is 179 Å². The van der Waals surface area contributed by atoms with Gasteiger partial charge >= 0.3 is 0 Å². The normalized spacial score (nSPS) is 12.3. The Morgan fingerprint density at radius 2 is 0.394 bits per heavy atom. The highest BCUT2D eigenvalue weighted by Crippen LogP contribution is 2.64. The smallest absolute Gasteiger partial charge is 0.187 e. The molecule has 2 aromatic heterocycles. The zero-order valence-electron chi connectivity index (χ0n) is 71.9. The molecule has 0 fully saturated rings. The van der Waals surface area contributed by atoms with Crippen LogP contribution >= 0.6 is 0 Å². The van der Waals surface area contributed by atoms with E-state index in [1.807, 2.05) is 54.6 Å². The number of nitrogens with zero attached hydrogens (tertiary/aromatic N) is 6. The zero-order valence-corrected chi connectivity index (χ0v) is 71.9. The van der Waals surface area contributed by atoms with Crippen LogP contribution in [0.1, 0.15) is 44.5 Å². The van der Waals surface area contributed by atoms with E-state index in [4.69, 9.17) is 33.1 Å². The van der Waals surface area contributed by atoms with E-state index < -0.39 is 10.8 Å². The predicted molar refractivity (Wildman–Crippen MR) is 541 cm³/mol. The van der Waals surface area contributed by atoms with Crippen molar-refractivity contribution in [1.82, 2.24) is 19.9 Å². The molecular formula is C126H80N6. The second-order valence-corrected chi connectivity index (χ2v) is 34.0. The first kappa shape index (κ1) is 79.0. The molecule has 0 atom stereocenters. The quantitative estimate of drug-likeness (QED) is 0.0960. The molecule has 0 amide bonds. The third kappa shape index (κ3) is 14.1. The van der Waals surface area contributed by atoms with Gasteiger partial charge in [-0.15, -0.1) is 0 Å². The maximum atomic E-state index is 7.93. The lowest BCUT2D eigenvalue weighted by molar-refractivity contribution is 0.768. The molecule has 6 heteroatoms. The van der Waals surface area contributed by atoms with E-state index in [1.54, 1.807) is 0 Å². The number of hydrogen-bond acceptors (Lipinski definition) is 4. The van der Waals surface area contributed by atoms with Crippen molar-refractivity contribution in [2.75, 3.05) is 0 Å². The van der Waals surface area contributed by atoms with Gasteiger partial charge < -0.3 is 0 Å². The molecule has 6 nitrogen and oxygen atoms in total. The van der Waals surface area contributed by atoms with E-state index in [2.05, 4.69) is 440 Å². The molecule has 3 aliphatic carbocycles.